The minimum absolute atomic E-state index is 0.196. The number of nitrogens with zero attached hydrogens (tertiary/aromatic N) is 1. The van der Waals surface area contributed by atoms with Crippen LogP contribution in [-0.4, -0.2) is 38.9 Å². The molecule has 1 saturated heterocycles. The van der Waals surface area contributed by atoms with E-state index in [2.05, 4.69) is 4.72 Å². The van der Waals surface area contributed by atoms with Crippen LogP contribution in [0, 0.1) is 34.6 Å². The van der Waals surface area contributed by atoms with Crippen molar-refractivity contribution in [1.29, 1.82) is 0 Å². The lowest BCUT2D eigenvalue weighted by Crippen LogP contribution is -2.34. The van der Waals surface area contributed by atoms with Gasteiger partial charge in [-0.3, -0.25) is 4.79 Å². The third-order valence-corrected chi connectivity index (χ3v) is 7.50. The first kappa shape index (κ1) is 20.9. The van der Waals surface area contributed by atoms with Crippen molar-refractivity contribution >= 4 is 15.9 Å². The summed E-state index contributed by atoms with van der Waals surface area (Å²) in [5.41, 5.74) is 4.85. The van der Waals surface area contributed by atoms with Crippen LogP contribution >= 0.6 is 0 Å². The summed E-state index contributed by atoms with van der Waals surface area (Å²) in [6.45, 7) is 11.5. The van der Waals surface area contributed by atoms with Gasteiger partial charge in [0, 0.05) is 26.1 Å². The number of sulfonamides is 1. The highest BCUT2D eigenvalue weighted by Crippen LogP contribution is 2.29. The van der Waals surface area contributed by atoms with Gasteiger partial charge in [0.15, 0.2) is 0 Å². The third kappa shape index (κ3) is 4.46. The Morgan fingerprint density at radius 2 is 1.46 bits per heavy atom. The molecule has 0 bridgehead atoms. The minimum atomic E-state index is -3.56. The molecule has 0 spiro atoms. The Balaban J connectivity index is 2.05. The van der Waals surface area contributed by atoms with Crippen LogP contribution in [0.3, 0.4) is 0 Å². The molecule has 6 heteroatoms. The minimum Gasteiger partial charge on any atom is -0.343 e. The van der Waals surface area contributed by atoms with Gasteiger partial charge in [0.1, 0.15) is 0 Å². The van der Waals surface area contributed by atoms with Crippen molar-refractivity contribution in [3.05, 3.63) is 27.8 Å². The van der Waals surface area contributed by atoms with Crippen LogP contribution in [0.5, 0.6) is 0 Å². The van der Waals surface area contributed by atoms with Gasteiger partial charge >= 0.3 is 0 Å². The quantitative estimate of drug-likeness (QED) is 0.770. The van der Waals surface area contributed by atoms with Crippen molar-refractivity contribution < 1.29 is 13.2 Å². The molecule has 1 N–H and O–H groups in total. The third-order valence-electron chi connectivity index (χ3n) is 5.77. The molecule has 1 heterocycles. The van der Waals surface area contributed by atoms with E-state index in [4.69, 9.17) is 0 Å². The fourth-order valence-corrected chi connectivity index (χ4v) is 5.36. The first-order chi connectivity index (χ1) is 12.2. The summed E-state index contributed by atoms with van der Waals surface area (Å²) in [7, 11) is -3.56. The van der Waals surface area contributed by atoms with Gasteiger partial charge in [-0.25, -0.2) is 13.1 Å². The molecule has 1 aromatic rings. The normalized spacial score (nSPS) is 16.0. The molecule has 1 aromatic carbocycles. The molecule has 0 atom stereocenters. The maximum absolute atomic E-state index is 12.9. The maximum atomic E-state index is 12.9. The highest BCUT2D eigenvalue weighted by molar-refractivity contribution is 7.89. The van der Waals surface area contributed by atoms with E-state index in [1.807, 2.05) is 39.5 Å². The first-order valence-corrected chi connectivity index (χ1v) is 11.0. The molecule has 26 heavy (non-hydrogen) atoms. The van der Waals surface area contributed by atoms with Crippen LogP contribution in [0.15, 0.2) is 4.90 Å². The molecule has 0 saturated carbocycles. The molecule has 0 aromatic heterocycles. The molecule has 1 fully saturated rings. The Labute approximate surface area is 158 Å². The zero-order chi connectivity index (χ0) is 19.5. The largest absolute Gasteiger partial charge is 0.343 e. The summed E-state index contributed by atoms with van der Waals surface area (Å²) in [5, 5.41) is 0. The number of carbonyl (C=O) groups is 1. The van der Waals surface area contributed by atoms with Gasteiger partial charge in [0.05, 0.1) is 4.90 Å². The zero-order valence-corrected chi connectivity index (χ0v) is 17.6. The monoisotopic (exact) mass is 380 g/mol. The average Bonchev–Trinajstić information content (AvgIpc) is 2.79. The van der Waals surface area contributed by atoms with Crippen LogP contribution in [0.25, 0.3) is 0 Å². The summed E-state index contributed by atoms with van der Waals surface area (Å²) < 4.78 is 28.5. The molecule has 5 nitrogen and oxygen atoms in total. The second kappa shape index (κ2) is 8.53. The first-order valence-electron chi connectivity index (χ1n) is 9.51. The Hall–Kier alpha value is -1.40. The summed E-state index contributed by atoms with van der Waals surface area (Å²) in [6.07, 6.45) is 4.35. The van der Waals surface area contributed by atoms with Gasteiger partial charge in [-0.15, -0.1) is 0 Å². The van der Waals surface area contributed by atoms with Crippen molar-refractivity contribution in [2.24, 2.45) is 0 Å². The molecule has 1 amide bonds. The van der Waals surface area contributed by atoms with Gasteiger partial charge < -0.3 is 4.90 Å². The number of amides is 1. The number of hydrogen-bond acceptors (Lipinski definition) is 3. The van der Waals surface area contributed by atoms with E-state index in [0.717, 1.165) is 53.6 Å². The molecular weight excluding hydrogens is 348 g/mol. The number of nitrogens with one attached hydrogen (secondary N) is 1. The van der Waals surface area contributed by atoms with E-state index in [-0.39, 0.29) is 5.91 Å². The van der Waals surface area contributed by atoms with E-state index in [9.17, 15) is 13.2 Å². The Bertz CT molecular complexity index is 756. The van der Waals surface area contributed by atoms with Crippen molar-refractivity contribution in [3.63, 3.8) is 0 Å². The van der Waals surface area contributed by atoms with Gasteiger partial charge in [0.2, 0.25) is 15.9 Å². The van der Waals surface area contributed by atoms with E-state index in [1.54, 1.807) is 0 Å². The molecule has 1 aliphatic heterocycles. The lowest BCUT2D eigenvalue weighted by atomic mass is 9.95. The fourth-order valence-electron chi connectivity index (χ4n) is 3.69. The van der Waals surface area contributed by atoms with Crippen LogP contribution in [0.4, 0.5) is 0 Å². The second-order valence-corrected chi connectivity index (χ2v) is 9.10. The molecular formula is C20H32N2O3S. The summed E-state index contributed by atoms with van der Waals surface area (Å²) in [4.78, 5) is 14.3. The number of likely N-dealkylation sites (tertiary alicyclic amines) is 1. The predicted octanol–water partition coefficient (Wildman–Crippen LogP) is 3.30. The van der Waals surface area contributed by atoms with Crippen LogP contribution < -0.4 is 4.72 Å². The van der Waals surface area contributed by atoms with E-state index >= 15 is 0 Å². The lowest BCUT2D eigenvalue weighted by Gasteiger charge is -2.21. The predicted molar refractivity (Wildman–Crippen MR) is 105 cm³/mol. The average molecular weight is 381 g/mol. The standard InChI is InChI=1S/C20H32N2O3S/c1-14-15(2)17(4)20(18(5)16(14)3)26(24,25)21-11-9-13-22-12-8-6-7-10-19(22)23/h21H,6-13H2,1-5H3. The van der Waals surface area contributed by atoms with Crippen LogP contribution in [0.2, 0.25) is 0 Å². The molecule has 0 aliphatic carbocycles. The molecule has 0 unspecified atom stereocenters. The van der Waals surface area contributed by atoms with Gasteiger partial charge in [0.25, 0.3) is 0 Å². The molecule has 0 radical (unpaired) electrons. The molecule has 2 rings (SSSR count). The van der Waals surface area contributed by atoms with Crippen LogP contribution in [-0.2, 0) is 14.8 Å². The highest BCUT2D eigenvalue weighted by atomic mass is 32.2. The zero-order valence-electron chi connectivity index (χ0n) is 16.7. The molecule has 1 aliphatic rings. The van der Waals surface area contributed by atoms with E-state index < -0.39 is 10.0 Å². The second-order valence-electron chi connectivity index (χ2n) is 7.40. The van der Waals surface area contributed by atoms with Crippen molar-refractivity contribution in [2.75, 3.05) is 19.6 Å². The van der Waals surface area contributed by atoms with Crippen LogP contribution in [0.1, 0.15) is 59.9 Å². The fraction of sp³-hybridized carbons (Fsp3) is 0.650. The number of benzene rings is 1. The summed E-state index contributed by atoms with van der Waals surface area (Å²) in [6, 6.07) is 0. The summed E-state index contributed by atoms with van der Waals surface area (Å²) in [5.74, 6) is 0.196. The number of hydrogen-bond donors (Lipinski definition) is 1. The van der Waals surface area contributed by atoms with Gasteiger partial charge in [-0.05, 0) is 81.7 Å². The van der Waals surface area contributed by atoms with E-state index in [0.29, 0.717) is 30.8 Å². The Morgan fingerprint density at radius 1 is 0.885 bits per heavy atom. The summed E-state index contributed by atoms with van der Waals surface area (Å²) >= 11 is 0. The smallest absolute Gasteiger partial charge is 0.241 e. The Kier molecular flexibility index (Phi) is 6.86. The van der Waals surface area contributed by atoms with Gasteiger partial charge in [-0.2, -0.15) is 0 Å². The SMILES string of the molecule is Cc1c(C)c(C)c(S(=O)(=O)NCCCN2CCCCCC2=O)c(C)c1C. The number of rotatable bonds is 6. The van der Waals surface area contributed by atoms with Crippen molar-refractivity contribution in [3.8, 4) is 0 Å². The maximum Gasteiger partial charge on any atom is 0.241 e. The Morgan fingerprint density at radius 3 is 2.08 bits per heavy atom. The van der Waals surface area contributed by atoms with Gasteiger partial charge in [-0.1, -0.05) is 6.42 Å². The number of carbonyl (C=O) groups excluding carboxylic acids is 1. The van der Waals surface area contributed by atoms with E-state index in [1.165, 1.54) is 0 Å². The molecule has 146 valence electrons. The topological polar surface area (TPSA) is 66.5 Å². The highest BCUT2D eigenvalue weighted by Gasteiger charge is 2.23. The van der Waals surface area contributed by atoms with Crippen molar-refractivity contribution in [1.82, 2.24) is 9.62 Å². The van der Waals surface area contributed by atoms with Crippen molar-refractivity contribution in [2.45, 2.75) is 71.6 Å². The lowest BCUT2D eigenvalue weighted by molar-refractivity contribution is -0.130.